The van der Waals surface area contributed by atoms with Crippen molar-refractivity contribution >= 4 is 5.91 Å². The number of piperidine rings is 1. The molecule has 2 saturated carbocycles. The third-order valence-corrected chi connectivity index (χ3v) is 5.24. The fourth-order valence-electron chi connectivity index (χ4n) is 4.23. The molecule has 0 aromatic rings. The SMILES string of the molecule is CC(NC1CC2CCC1C2)C(=O)N1CCCCC1. The molecule has 1 N–H and O–H groups in total. The number of fused-ring (bicyclic) bond motifs is 2. The van der Waals surface area contributed by atoms with Gasteiger partial charge in [-0.05, 0) is 57.3 Å². The molecule has 0 aromatic carbocycles. The van der Waals surface area contributed by atoms with Crippen LogP contribution in [0.1, 0.15) is 51.9 Å². The van der Waals surface area contributed by atoms with E-state index >= 15 is 0 Å². The Bertz CT molecular complexity index is 312. The average molecular weight is 250 g/mol. The first-order valence-corrected chi connectivity index (χ1v) is 7.79. The van der Waals surface area contributed by atoms with Crippen LogP contribution in [0.25, 0.3) is 0 Å². The molecule has 4 atom stereocenters. The van der Waals surface area contributed by atoms with Crippen LogP contribution in [0.2, 0.25) is 0 Å². The molecule has 2 aliphatic carbocycles. The van der Waals surface area contributed by atoms with Gasteiger partial charge in [-0.2, -0.15) is 0 Å². The number of amides is 1. The van der Waals surface area contributed by atoms with E-state index in [2.05, 4.69) is 17.1 Å². The molecule has 3 nitrogen and oxygen atoms in total. The molecule has 18 heavy (non-hydrogen) atoms. The highest BCUT2D eigenvalue weighted by Crippen LogP contribution is 2.44. The summed E-state index contributed by atoms with van der Waals surface area (Å²) in [5.41, 5.74) is 0. The Morgan fingerprint density at radius 3 is 2.56 bits per heavy atom. The molecule has 3 aliphatic rings. The van der Waals surface area contributed by atoms with Gasteiger partial charge in [0.05, 0.1) is 6.04 Å². The second-order valence-corrected chi connectivity index (χ2v) is 6.56. The molecule has 0 spiro atoms. The van der Waals surface area contributed by atoms with E-state index in [9.17, 15) is 4.79 Å². The van der Waals surface area contributed by atoms with Crippen molar-refractivity contribution in [3.8, 4) is 0 Å². The maximum absolute atomic E-state index is 12.4. The minimum atomic E-state index is 0.0208. The van der Waals surface area contributed by atoms with Gasteiger partial charge in [0.25, 0.3) is 0 Å². The molecule has 3 fully saturated rings. The van der Waals surface area contributed by atoms with Gasteiger partial charge in [-0.15, -0.1) is 0 Å². The van der Waals surface area contributed by atoms with E-state index in [1.165, 1.54) is 44.9 Å². The van der Waals surface area contributed by atoms with Crippen LogP contribution >= 0.6 is 0 Å². The number of nitrogens with zero attached hydrogens (tertiary/aromatic N) is 1. The number of hydrogen-bond acceptors (Lipinski definition) is 2. The number of carbonyl (C=O) groups is 1. The highest BCUT2D eigenvalue weighted by molar-refractivity contribution is 5.81. The summed E-state index contributed by atoms with van der Waals surface area (Å²) in [6, 6.07) is 0.639. The van der Waals surface area contributed by atoms with E-state index in [-0.39, 0.29) is 6.04 Å². The molecule has 0 radical (unpaired) electrons. The van der Waals surface area contributed by atoms with Crippen LogP contribution in [0.5, 0.6) is 0 Å². The molecule has 3 heteroatoms. The number of likely N-dealkylation sites (tertiary alicyclic amines) is 1. The molecule has 3 rings (SSSR count). The average Bonchev–Trinajstić information content (AvgIpc) is 3.01. The quantitative estimate of drug-likeness (QED) is 0.832. The molecule has 102 valence electrons. The number of nitrogens with one attached hydrogen (secondary N) is 1. The Balaban J connectivity index is 1.51. The lowest BCUT2D eigenvalue weighted by Crippen LogP contribution is -2.50. The predicted octanol–water partition coefficient (Wildman–Crippen LogP) is 2.17. The minimum Gasteiger partial charge on any atom is -0.341 e. The van der Waals surface area contributed by atoms with Crippen LogP contribution in [-0.4, -0.2) is 36.0 Å². The zero-order chi connectivity index (χ0) is 12.5. The number of carbonyl (C=O) groups excluding carboxylic acids is 1. The molecule has 1 saturated heterocycles. The molecule has 2 bridgehead atoms. The van der Waals surface area contributed by atoms with Crippen molar-refractivity contribution in [2.45, 2.75) is 64.0 Å². The van der Waals surface area contributed by atoms with Crippen LogP contribution in [0.3, 0.4) is 0 Å². The first-order chi connectivity index (χ1) is 8.74. The van der Waals surface area contributed by atoms with E-state index in [0.29, 0.717) is 11.9 Å². The highest BCUT2D eigenvalue weighted by Gasteiger charge is 2.40. The number of hydrogen-bond donors (Lipinski definition) is 1. The van der Waals surface area contributed by atoms with Gasteiger partial charge in [0.1, 0.15) is 0 Å². The Hall–Kier alpha value is -0.570. The van der Waals surface area contributed by atoms with Crippen LogP contribution in [0.4, 0.5) is 0 Å². The van der Waals surface area contributed by atoms with Crippen LogP contribution in [-0.2, 0) is 4.79 Å². The lowest BCUT2D eigenvalue weighted by molar-refractivity contribution is -0.134. The van der Waals surface area contributed by atoms with Crippen molar-refractivity contribution in [3.05, 3.63) is 0 Å². The molecular formula is C15H26N2O. The standard InChI is InChI=1S/C15H26N2O/c1-11(15(18)17-7-3-2-4-8-17)16-14-10-12-5-6-13(14)9-12/h11-14,16H,2-10H2,1H3. The van der Waals surface area contributed by atoms with Gasteiger partial charge < -0.3 is 10.2 Å². The fourth-order valence-corrected chi connectivity index (χ4v) is 4.23. The number of rotatable bonds is 3. The van der Waals surface area contributed by atoms with Crippen molar-refractivity contribution in [3.63, 3.8) is 0 Å². The monoisotopic (exact) mass is 250 g/mol. The second kappa shape index (κ2) is 5.20. The lowest BCUT2D eigenvalue weighted by atomic mass is 9.94. The van der Waals surface area contributed by atoms with Gasteiger partial charge in [0.2, 0.25) is 5.91 Å². The van der Waals surface area contributed by atoms with Gasteiger partial charge in [-0.25, -0.2) is 0 Å². The van der Waals surface area contributed by atoms with Crippen LogP contribution in [0, 0.1) is 11.8 Å². The Kier molecular flexibility index (Phi) is 3.60. The lowest BCUT2D eigenvalue weighted by Gasteiger charge is -2.32. The summed E-state index contributed by atoms with van der Waals surface area (Å²) >= 11 is 0. The van der Waals surface area contributed by atoms with E-state index in [4.69, 9.17) is 0 Å². The van der Waals surface area contributed by atoms with Gasteiger partial charge >= 0.3 is 0 Å². The van der Waals surface area contributed by atoms with E-state index in [0.717, 1.165) is 24.9 Å². The maximum Gasteiger partial charge on any atom is 0.239 e. The predicted molar refractivity (Wildman–Crippen MR) is 72.3 cm³/mol. The van der Waals surface area contributed by atoms with Gasteiger partial charge in [0, 0.05) is 19.1 Å². The molecule has 1 amide bonds. The molecular weight excluding hydrogens is 224 g/mol. The largest absolute Gasteiger partial charge is 0.341 e. The summed E-state index contributed by atoms with van der Waals surface area (Å²) in [5, 5.41) is 3.62. The Labute approximate surface area is 110 Å². The summed E-state index contributed by atoms with van der Waals surface area (Å²) in [6.07, 6.45) is 9.19. The van der Waals surface area contributed by atoms with E-state index < -0.39 is 0 Å². The summed E-state index contributed by atoms with van der Waals surface area (Å²) in [4.78, 5) is 14.4. The summed E-state index contributed by atoms with van der Waals surface area (Å²) in [6.45, 7) is 4.01. The van der Waals surface area contributed by atoms with Gasteiger partial charge in [-0.3, -0.25) is 4.79 Å². The van der Waals surface area contributed by atoms with Crippen molar-refractivity contribution in [2.75, 3.05) is 13.1 Å². The fraction of sp³-hybridized carbons (Fsp3) is 0.933. The Morgan fingerprint density at radius 1 is 1.17 bits per heavy atom. The van der Waals surface area contributed by atoms with E-state index in [1.54, 1.807) is 0 Å². The maximum atomic E-state index is 12.4. The topological polar surface area (TPSA) is 32.3 Å². The second-order valence-electron chi connectivity index (χ2n) is 6.56. The smallest absolute Gasteiger partial charge is 0.239 e. The van der Waals surface area contributed by atoms with Gasteiger partial charge in [0.15, 0.2) is 0 Å². The van der Waals surface area contributed by atoms with Gasteiger partial charge in [-0.1, -0.05) is 6.42 Å². The highest BCUT2D eigenvalue weighted by atomic mass is 16.2. The third-order valence-electron chi connectivity index (χ3n) is 5.24. The third kappa shape index (κ3) is 2.42. The van der Waals surface area contributed by atoms with Crippen LogP contribution < -0.4 is 5.32 Å². The zero-order valence-corrected chi connectivity index (χ0v) is 11.5. The minimum absolute atomic E-state index is 0.0208. The normalized spacial score (nSPS) is 36.9. The zero-order valence-electron chi connectivity index (χ0n) is 11.5. The Morgan fingerprint density at radius 2 is 1.94 bits per heavy atom. The first kappa shape index (κ1) is 12.5. The van der Waals surface area contributed by atoms with Crippen molar-refractivity contribution in [2.24, 2.45) is 11.8 Å². The van der Waals surface area contributed by atoms with Crippen molar-refractivity contribution < 1.29 is 4.79 Å². The summed E-state index contributed by atoms with van der Waals surface area (Å²) in [7, 11) is 0. The molecule has 1 aliphatic heterocycles. The van der Waals surface area contributed by atoms with Crippen LogP contribution in [0.15, 0.2) is 0 Å². The molecule has 1 heterocycles. The molecule has 4 unspecified atom stereocenters. The van der Waals surface area contributed by atoms with E-state index in [1.807, 2.05) is 0 Å². The molecule has 0 aromatic heterocycles. The first-order valence-electron chi connectivity index (χ1n) is 7.79. The van der Waals surface area contributed by atoms with Crippen molar-refractivity contribution in [1.29, 1.82) is 0 Å². The van der Waals surface area contributed by atoms with Crippen molar-refractivity contribution in [1.82, 2.24) is 10.2 Å². The summed E-state index contributed by atoms with van der Waals surface area (Å²) < 4.78 is 0. The summed E-state index contributed by atoms with van der Waals surface area (Å²) in [5.74, 6) is 2.13.